The van der Waals surface area contributed by atoms with Gasteiger partial charge in [-0.3, -0.25) is 4.79 Å². The summed E-state index contributed by atoms with van der Waals surface area (Å²) in [6.45, 7) is 3.38. The van der Waals surface area contributed by atoms with E-state index in [1.807, 2.05) is 25.1 Å². The van der Waals surface area contributed by atoms with E-state index in [1.54, 1.807) is 0 Å². The minimum Gasteiger partial charge on any atom is -0.312 e. The molecule has 5 heteroatoms. The predicted molar refractivity (Wildman–Crippen MR) is 68.2 cm³/mol. The molecule has 0 amide bonds. The molecular formula is C13H14N4O. The van der Waals surface area contributed by atoms with E-state index < -0.39 is 0 Å². The normalized spacial score (nSPS) is 14.3. The molecule has 3 rings (SSSR count). The Balaban J connectivity index is 2.14. The summed E-state index contributed by atoms with van der Waals surface area (Å²) in [5, 5.41) is 3.17. The van der Waals surface area contributed by atoms with Gasteiger partial charge in [0.1, 0.15) is 5.69 Å². The van der Waals surface area contributed by atoms with Crippen molar-refractivity contribution in [3.8, 4) is 11.5 Å². The summed E-state index contributed by atoms with van der Waals surface area (Å²) in [4.78, 5) is 23.7. The number of rotatable bonds is 1. The second-order valence-electron chi connectivity index (χ2n) is 4.43. The minimum atomic E-state index is -0.0643. The molecule has 0 spiro atoms. The van der Waals surface area contributed by atoms with Crippen LogP contribution in [0.25, 0.3) is 11.5 Å². The van der Waals surface area contributed by atoms with Crippen LogP contribution in [0.1, 0.15) is 17.0 Å². The molecule has 0 aromatic carbocycles. The Kier molecular flexibility index (Phi) is 2.68. The first-order valence-corrected chi connectivity index (χ1v) is 6.01. The van der Waals surface area contributed by atoms with Gasteiger partial charge in [0.25, 0.3) is 5.56 Å². The number of hydrogen-bond acceptors (Lipinski definition) is 4. The molecule has 0 unspecified atom stereocenters. The molecule has 2 aromatic heterocycles. The van der Waals surface area contributed by atoms with E-state index in [-0.39, 0.29) is 5.56 Å². The lowest BCUT2D eigenvalue weighted by Crippen LogP contribution is -2.31. The van der Waals surface area contributed by atoms with E-state index in [1.165, 1.54) is 0 Å². The van der Waals surface area contributed by atoms with Crippen molar-refractivity contribution in [1.29, 1.82) is 0 Å². The van der Waals surface area contributed by atoms with Gasteiger partial charge in [0, 0.05) is 25.2 Å². The Morgan fingerprint density at radius 2 is 2.17 bits per heavy atom. The highest BCUT2D eigenvalue weighted by Crippen LogP contribution is 2.14. The van der Waals surface area contributed by atoms with Gasteiger partial charge >= 0.3 is 0 Å². The van der Waals surface area contributed by atoms with E-state index in [2.05, 4.69) is 20.3 Å². The molecule has 1 aliphatic heterocycles. The van der Waals surface area contributed by atoms with Gasteiger partial charge in [-0.25, -0.2) is 9.97 Å². The third-order valence-corrected chi connectivity index (χ3v) is 3.07. The maximum Gasteiger partial charge on any atom is 0.255 e. The van der Waals surface area contributed by atoms with Crippen LogP contribution in [0, 0.1) is 6.92 Å². The van der Waals surface area contributed by atoms with Crippen molar-refractivity contribution in [2.45, 2.75) is 19.9 Å². The van der Waals surface area contributed by atoms with E-state index in [0.29, 0.717) is 18.1 Å². The van der Waals surface area contributed by atoms with Crippen LogP contribution in [0.2, 0.25) is 0 Å². The van der Waals surface area contributed by atoms with Crippen molar-refractivity contribution in [3.05, 3.63) is 45.5 Å². The number of nitrogens with one attached hydrogen (secondary N) is 2. The average Bonchev–Trinajstić information content (AvgIpc) is 2.39. The molecule has 3 heterocycles. The molecule has 2 aromatic rings. The van der Waals surface area contributed by atoms with Crippen LogP contribution in [0.5, 0.6) is 0 Å². The second-order valence-corrected chi connectivity index (χ2v) is 4.43. The molecule has 0 bridgehead atoms. The molecule has 0 atom stereocenters. The van der Waals surface area contributed by atoms with Gasteiger partial charge in [0.05, 0.1) is 11.3 Å². The maximum absolute atomic E-state index is 12.0. The van der Waals surface area contributed by atoms with E-state index in [9.17, 15) is 4.79 Å². The summed E-state index contributed by atoms with van der Waals surface area (Å²) in [7, 11) is 0. The number of nitrogens with zero attached hydrogens (tertiary/aromatic N) is 2. The van der Waals surface area contributed by atoms with E-state index >= 15 is 0 Å². The van der Waals surface area contributed by atoms with Crippen LogP contribution in [0.15, 0.2) is 23.0 Å². The smallest absolute Gasteiger partial charge is 0.255 e. The lowest BCUT2D eigenvalue weighted by Gasteiger charge is -2.15. The molecule has 0 radical (unpaired) electrons. The quantitative estimate of drug-likeness (QED) is 0.775. The molecule has 0 saturated heterocycles. The van der Waals surface area contributed by atoms with Crippen LogP contribution in [-0.4, -0.2) is 21.5 Å². The first-order chi connectivity index (χ1) is 8.74. The number of hydrogen-bond donors (Lipinski definition) is 2. The van der Waals surface area contributed by atoms with Gasteiger partial charge in [-0.05, 0) is 19.1 Å². The number of H-pyrrole nitrogens is 1. The summed E-state index contributed by atoms with van der Waals surface area (Å²) >= 11 is 0. The highest BCUT2D eigenvalue weighted by Gasteiger charge is 2.16. The topological polar surface area (TPSA) is 70.7 Å². The standard InChI is InChI=1S/C13H14N4O/c1-8-3-2-4-11(15-8)12-16-10-5-6-14-7-9(10)13(18)17-12/h2-4,14H,5-7H2,1H3,(H,16,17,18). The monoisotopic (exact) mass is 242 g/mol. The fourth-order valence-corrected chi connectivity index (χ4v) is 2.15. The summed E-state index contributed by atoms with van der Waals surface area (Å²) in [6.07, 6.45) is 0.790. The Morgan fingerprint density at radius 3 is 3.00 bits per heavy atom. The van der Waals surface area contributed by atoms with Crippen LogP contribution < -0.4 is 10.9 Å². The first kappa shape index (κ1) is 11.1. The van der Waals surface area contributed by atoms with Crippen LogP contribution in [0.3, 0.4) is 0 Å². The molecule has 0 aliphatic carbocycles. The third kappa shape index (κ3) is 1.93. The number of aryl methyl sites for hydroxylation is 1. The second kappa shape index (κ2) is 4.34. The summed E-state index contributed by atoms with van der Waals surface area (Å²) < 4.78 is 0. The third-order valence-electron chi connectivity index (χ3n) is 3.07. The zero-order valence-corrected chi connectivity index (χ0v) is 10.2. The lowest BCUT2D eigenvalue weighted by atomic mass is 10.1. The molecule has 92 valence electrons. The Hall–Kier alpha value is -2.01. The molecule has 0 saturated carbocycles. The first-order valence-electron chi connectivity index (χ1n) is 6.01. The van der Waals surface area contributed by atoms with Crippen molar-refractivity contribution >= 4 is 0 Å². The van der Waals surface area contributed by atoms with Gasteiger partial charge in [-0.15, -0.1) is 0 Å². The minimum absolute atomic E-state index is 0.0643. The van der Waals surface area contributed by atoms with Gasteiger partial charge in [-0.1, -0.05) is 6.07 Å². The van der Waals surface area contributed by atoms with Gasteiger partial charge in [0.2, 0.25) is 0 Å². The van der Waals surface area contributed by atoms with Gasteiger partial charge in [0.15, 0.2) is 5.82 Å². The molecule has 0 fully saturated rings. The fourth-order valence-electron chi connectivity index (χ4n) is 2.15. The van der Waals surface area contributed by atoms with Crippen molar-refractivity contribution in [3.63, 3.8) is 0 Å². The Labute approximate surface area is 104 Å². The SMILES string of the molecule is Cc1cccc(-c2nc3c(c(=O)[nH]2)CNCC3)n1. The van der Waals surface area contributed by atoms with Crippen LogP contribution >= 0.6 is 0 Å². The molecule has 18 heavy (non-hydrogen) atoms. The average molecular weight is 242 g/mol. The molecular weight excluding hydrogens is 228 g/mol. The summed E-state index contributed by atoms with van der Waals surface area (Å²) in [5.41, 5.74) is 3.20. The highest BCUT2D eigenvalue weighted by atomic mass is 16.1. The summed E-state index contributed by atoms with van der Waals surface area (Å²) in [5.74, 6) is 0.560. The maximum atomic E-state index is 12.0. The zero-order valence-electron chi connectivity index (χ0n) is 10.2. The zero-order chi connectivity index (χ0) is 12.5. The van der Waals surface area contributed by atoms with Crippen LogP contribution in [-0.2, 0) is 13.0 Å². The lowest BCUT2D eigenvalue weighted by molar-refractivity contribution is 0.621. The van der Waals surface area contributed by atoms with Crippen molar-refractivity contribution in [1.82, 2.24) is 20.3 Å². The van der Waals surface area contributed by atoms with Gasteiger partial charge < -0.3 is 10.3 Å². The van der Waals surface area contributed by atoms with Crippen molar-refractivity contribution < 1.29 is 0 Å². The largest absolute Gasteiger partial charge is 0.312 e. The summed E-state index contributed by atoms with van der Waals surface area (Å²) in [6, 6.07) is 5.70. The molecule has 2 N–H and O–H groups in total. The Morgan fingerprint density at radius 1 is 1.28 bits per heavy atom. The fraction of sp³-hybridized carbons (Fsp3) is 0.308. The highest BCUT2D eigenvalue weighted by molar-refractivity contribution is 5.49. The van der Waals surface area contributed by atoms with Gasteiger partial charge in [-0.2, -0.15) is 0 Å². The number of aromatic amines is 1. The molecule has 5 nitrogen and oxygen atoms in total. The molecule has 1 aliphatic rings. The number of pyridine rings is 1. The van der Waals surface area contributed by atoms with E-state index in [0.717, 1.165) is 29.9 Å². The van der Waals surface area contributed by atoms with Crippen molar-refractivity contribution in [2.75, 3.05) is 6.54 Å². The Bertz CT molecular complexity index is 648. The van der Waals surface area contributed by atoms with E-state index in [4.69, 9.17) is 0 Å². The number of aromatic nitrogens is 3. The van der Waals surface area contributed by atoms with Crippen LogP contribution in [0.4, 0.5) is 0 Å². The van der Waals surface area contributed by atoms with Crippen molar-refractivity contribution in [2.24, 2.45) is 0 Å². The predicted octanol–water partition coefficient (Wildman–Crippen LogP) is 0.786. The number of fused-ring (bicyclic) bond motifs is 1.